The molecule has 2 rings (SSSR count). The number of aryl methyl sites for hydroxylation is 2. The molecule has 0 unspecified atom stereocenters. The first-order valence-corrected chi connectivity index (χ1v) is 6.15. The van der Waals surface area contributed by atoms with Gasteiger partial charge in [-0.25, -0.2) is 0 Å². The summed E-state index contributed by atoms with van der Waals surface area (Å²) in [6, 6.07) is 4.11. The highest BCUT2D eigenvalue weighted by atomic mass is 16.5. The molecular formula is C14H21NO2. The molecule has 1 saturated heterocycles. The second kappa shape index (κ2) is 4.67. The predicted octanol–water partition coefficient (Wildman–Crippen LogP) is 1.88. The van der Waals surface area contributed by atoms with Crippen LogP contribution in [0.2, 0.25) is 0 Å². The zero-order valence-corrected chi connectivity index (χ0v) is 10.8. The lowest BCUT2D eigenvalue weighted by Gasteiger charge is -2.33. The monoisotopic (exact) mass is 235 g/mol. The van der Waals surface area contributed by atoms with Crippen LogP contribution in [0.1, 0.15) is 29.5 Å². The number of hydrogen-bond acceptors (Lipinski definition) is 3. The molecule has 2 N–H and O–H groups in total. The lowest BCUT2D eigenvalue weighted by Crippen LogP contribution is -2.39. The number of benzene rings is 1. The Hall–Kier alpha value is -1.06. The van der Waals surface area contributed by atoms with Crippen LogP contribution >= 0.6 is 0 Å². The van der Waals surface area contributed by atoms with Crippen LogP contribution < -0.4 is 10.1 Å². The number of hydrogen-bond donors (Lipinski definition) is 2. The van der Waals surface area contributed by atoms with Crippen LogP contribution in [0.25, 0.3) is 0 Å². The van der Waals surface area contributed by atoms with Crippen LogP contribution in [0.4, 0.5) is 0 Å². The molecule has 0 atom stereocenters. The van der Waals surface area contributed by atoms with Crippen molar-refractivity contribution in [2.45, 2.75) is 32.3 Å². The van der Waals surface area contributed by atoms with Crippen molar-refractivity contribution in [2.75, 3.05) is 20.2 Å². The summed E-state index contributed by atoms with van der Waals surface area (Å²) in [6.45, 7) is 5.81. The highest BCUT2D eigenvalue weighted by Crippen LogP contribution is 2.34. The first-order valence-electron chi connectivity index (χ1n) is 6.15. The van der Waals surface area contributed by atoms with Gasteiger partial charge in [-0.2, -0.15) is 0 Å². The molecule has 1 aliphatic rings. The third-order valence-corrected chi connectivity index (χ3v) is 3.63. The van der Waals surface area contributed by atoms with Gasteiger partial charge in [-0.1, -0.05) is 0 Å². The van der Waals surface area contributed by atoms with E-state index in [4.69, 9.17) is 4.74 Å². The molecule has 0 radical (unpaired) electrons. The van der Waals surface area contributed by atoms with Gasteiger partial charge in [-0.3, -0.25) is 0 Å². The maximum absolute atomic E-state index is 10.7. The second-order valence-electron chi connectivity index (χ2n) is 4.92. The quantitative estimate of drug-likeness (QED) is 0.822. The van der Waals surface area contributed by atoms with Gasteiger partial charge < -0.3 is 15.2 Å². The molecule has 3 nitrogen and oxygen atoms in total. The van der Waals surface area contributed by atoms with E-state index in [9.17, 15) is 5.11 Å². The van der Waals surface area contributed by atoms with Crippen molar-refractivity contribution in [3.8, 4) is 5.75 Å². The Labute approximate surface area is 103 Å². The maximum atomic E-state index is 10.7. The van der Waals surface area contributed by atoms with Gasteiger partial charge in [0.1, 0.15) is 5.75 Å². The minimum Gasteiger partial charge on any atom is -0.496 e. The summed E-state index contributed by atoms with van der Waals surface area (Å²) in [4.78, 5) is 0. The lowest BCUT2D eigenvalue weighted by atomic mass is 9.83. The van der Waals surface area contributed by atoms with Crippen LogP contribution in [0, 0.1) is 13.8 Å². The second-order valence-corrected chi connectivity index (χ2v) is 4.92. The summed E-state index contributed by atoms with van der Waals surface area (Å²) in [6.07, 6.45) is 1.55. The van der Waals surface area contributed by atoms with Crippen molar-refractivity contribution in [2.24, 2.45) is 0 Å². The standard InChI is InChI=1S/C14H21NO2/c1-10-8-12(9-11(2)13(10)17-3)14(16)4-6-15-7-5-14/h8-9,15-16H,4-7H2,1-3H3. The maximum Gasteiger partial charge on any atom is 0.124 e. The Morgan fingerprint density at radius 2 is 1.71 bits per heavy atom. The molecule has 1 heterocycles. The third kappa shape index (κ3) is 2.31. The minimum atomic E-state index is -0.674. The van der Waals surface area contributed by atoms with Gasteiger partial charge in [0.2, 0.25) is 0 Å². The average molecular weight is 235 g/mol. The van der Waals surface area contributed by atoms with Gasteiger partial charge >= 0.3 is 0 Å². The number of ether oxygens (including phenoxy) is 1. The SMILES string of the molecule is COc1c(C)cc(C2(O)CCNCC2)cc1C. The Morgan fingerprint density at radius 3 is 2.18 bits per heavy atom. The number of aliphatic hydroxyl groups is 1. The van der Waals surface area contributed by atoms with Crippen molar-refractivity contribution < 1.29 is 9.84 Å². The Balaban J connectivity index is 2.39. The van der Waals surface area contributed by atoms with E-state index in [1.54, 1.807) is 7.11 Å². The first-order chi connectivity index (χ1) is 8.07. The number of piperidine rings is 1. The van der Waals surface area contributed by atoms with Gasteiger partial charge in [0, 0.05) is 0 Å². The van der Waals surface area contributed by atoms with Crippen LogP contribution in [-0.2, 0) is 5.60 Å². The van der Waals surface area contributed by atoms with Crippen LogP contribution in [0.5, 0.6) is 5.75 Å². The van der Waals surface area contributed by atoms with Crippen LogP contribution in [-0.4, -0.2) is 25.3 Å². The molecule has 1 aliphatic heterocycles. The fraction of sp³-hybridized carbons (Fsp3) is 0.571. The molecule has 1 aromatic carbocycles. The molecule has 0 saturated carbocycles. The molecule has 0 aromatic heterocycles. The van der Waals surface area contributed by atoms with Crippen molar-refractivity contribution in [3.63, 3.8) is 0 Å². The molecule has 94 valence electrons. The smallest absolute Gasteiger partial charge is 0.124 e. The molecule has 0 spiro atoms. The Morgan fingerprint density at radius 1 is 1.18 bits per heavy atom. The Bertz CT molecular complexity index is 386. The fourth-order valence-corrected chi connectivity index (χ4v) is 2.67. The van der Waals surface area contributed by atoms with Gasteiger partial charge in [0.05, 0.1) is 12.7 Å². The molecule has 0 bridgehead atoms. The number of methoxy groups -OCH3 is 1. The summed E-state index contributed by atoms with van der Waals surface area (Å²) in [5, 5.41) is 14.0. The van der Waals surface area contributed by atoms with E-state index in [1.807, 2.05) is 13.8 Å². The van der Waals surface area contributed by atoms with Crippen LogP contribution in [0.3, 0.4) is 0 Å². The molecule has 17 heavy (non-hydrogen) atoms. The molecule has 1 fully saturated rings. The normalized spacial score (nSPS) is 19.1. The summed E-state index contributed by atoms with van der Waals surface area (Å²) < 4.78 is 5.36. The zero-order valence-electron chi connectivity index (χ0n) is 10.8. The van der Waals surface area contributed by atoms with Crippen LogP contribution in [0.15, 0.2) is 12.1 Å². The molecule has 3 heteroatoms. The molecule has 0 amide bonds. The lowest BCUT2D eigenvalue weighted by molar-refractivity contribution is 0.00580. The number of nitrogens with one attached hydrogen (secondary N) is 1. The minimum absolute atomic E-state index is 0.674. The van der Waals surface area contributed by atoms with E-state index < -0.39 is 5.60 Å². The average Bonchev–Trinajstić information content (AvgIpc) is 2.29. The summed E-state index contributed by atoms with van der Waals surface area (Å²) in [7, 11) is 1.69. The van der Waals surface area contributed by atoms with E-state index in [2.05, 4.69) is 17.4 Å². The van der Waals surface area contributed by atoms with Gasteiger partial charge in [-0.05, 0) is 68.6 Å². The number of rotatable bonds is 2. The molecule has 1 aromatic rings. The zero-order chi connectivity index (χ0) is 12.5. The topological polar surface area (TPSA) is 41.5 Å². The summed E-state index contributed by atoms with van der Waals surface area (Å²) in [5.41, 5.74) is 2.53. The van der Waals surface area contributed by atoms with Crippen molar-refractivity contribution in [1.29, 1.82) is 0 Å². The highest BCUT2D eigenvalue weighted by Gasteiger charge is 2.31. The largest absolute Gasteiger partial charge is 0.496 e. The Kier molecular flexibility index (Phi) is 3.40. The fourth-order valence-electron chi connectivity index (χ4n) is 2.67. The molecule has 0 aliphatic carbocycles. The first kappa shape index (κ1) is 12.4. The van der Waals surface area contributed by atoms with Crippen molar-refractivity contribution in [3.05, 3.63) is 28.8 Å². The van der Waals surface area contributed by atoms with Gasteiger partial charge in [-0.15, -0.1) is 0 Å². The van der Waals surface area contributed by atoms with E-state index >= 15 is 0 Å². The van der Waals surface area contributed by atoms with Gasteiger partial charge in [0.25, 0.3) is 0 Å². The van der Waals surface area contributed by atoms with Crippen molar-refractivity contribution in [1.82, 2.24) is 5.32 Å². The predicted molar refractivity (Wildman–Crippen MR) is 68.5 cm³/mol. The van der Waals surface area contributed by atoms with E-state index in [1.165, 1.54) is 0 Å². The highest BCUT2D eigenvalue weighted by molar-refractivity contribution is 5.45. The van der Waals surface area contributed by atoms with E-state index in [0.717, 1.165) is 48.4 Å². The van der Waals surface area contributed by atoms with Crippen molar-refractivity contribution >= 4 is 0 Å². The third-order valence-electron chi connectivity index (χ3n) is 3.63. The molecular weight excluding hydrogens is 214 g/mol. The summed E-state index contributed by atoms with van der Waals surface area (Å²) in [5.74, 6) is 0.922. The summed E-state index contributed by atoms with van der Waals surface area (Å²) >= 11 is 0. The van der Waals surface area contributed by atoms with E-state index in [0.29, 0.717) is 0 Å². The van der Waals surface area contributed by atoms with E-state index in [-0.39, 0.29) is 0 Å². The van der Waals surface area contributed by atoms with Gasteiger partial charge in [0.15, 0.2) is 0 Å².